The zero-order chi connectivity index (χ0) is 17.2. The van der Waals surface area contributed by atoms with Gasteiger partial charge >= 0.3 is 17.9 Å². The van der Waals surface area contributed by atoms with Crippen molar-refractivity contribution < 1.29 is 33.4 Å². The Hall–Kier alpha value is -2.96. The summed E-state index contributed by atoms with van der Waals surface area (Å²) < 4.78 is 14.3. The van der Waals surface area contributed by atoms with E-state index in [2.05, 4.69) is 4.74 Å². The molecule has 1 aromatic rings. The largest absolute Gasteiger partial charge is 0.466 e. The maximum atomic E-state index is 11.9. The number of esters is 3. The summed E-state index contributed by atoms with van der Waals surface area (Å²) >= 11 is 0. The highest BCUT2D eigenvalue weighted by Crippen LogP contribution is 2.13. The Labute approximate surface area is 132 Å². The predicted molar refractivity (Wildman–Crippen MR) is 78.8 cm³/mol. The van der Waals surface area contributed by atoms with Crippen LogP contribution < -0.4 is 4.74 Å². The summed E-state index contributed by atoms with van der Waals surface area (Å²) in [5, 5.41) is 0. The first-order valence-electron chi connectivity index (χ1n) is 6.73. The van der Waals surface area contributed by atoms with Gasteiger partial charge in [0.25, 0.3) is 0 Å². The van der Waals surface area contributed by atoms with Gasteiger partial charge in [-0.1, -0.05) is 6.92 Å². The lowest BCUT2D eigenvalue weighted by molar-refractivity contribution is -0.159. The maximum absolute atomic E-state index is 11.9. The summed E-state index contributed by atoms with van der Waals surface area (Å²) in [6.07, 6.45) is 1.49. The molecule has 7 nitrogen and oxygen atoms in total. The Morgan fingerprint density at radius 2 is 1.70 bits per heavy atom. The summed E-state index contributed by atoms with van der Waals surface area (Å²) in [5.41, 5.74) is 0.441. The second kappa shape index (κ2) is 9.14. The first-order chi connectivity index (χ1) is 11.0. The normalized spacial score (nSPS) is 11.6. The highest BCUT2D eigenvalue weighted by Gasteiger charge is 2.22. The van der Waals surface area contributed by atoms with Crippen LogP contribution in [0.4, 0.5) is 0 Å². The van der Waals surface area contributed by atoms with Crippen LogP contribution in [0.15, 0.2) is 36.4 Å². The number of hydrogen-bond donors (Lipinski definition) is 0. The van der Waals surface area contributed by atoms with Gasteiger partial charge in [0.1, 0.15) is 12.0 Å². The van der Waals surface area contributed by atoms with Crippen molar-refractivity contribution in [1.82, 2.24) is 0 Å². The molecule has 0 amide bonds. The van der Waals surface area contributed by atoms with E-state index in [0.29, 0.717) is 11.8 Å². The fraction of sp³-hybridized carbons (Fsp3) is 0.250. The molecule has 1 rings (SSSR count). The van der Waals surface area contributed by atoms with Gasteiger partial charge in [-0.2, -0.15) is 0 Å². The van der Waals surface area contributed by atoms with Gasteiger partial charge < -0.3 is 14.2 Å². The van der Waals surface area contributed by atoms with Crippen LogP contribution in [0.5, 0.6) is 5.75 Å². The van der Waals surface area contributed by atoms with Gasteiger partial charge in [-0.25, -0.2) is 14.4 Å². The second-order valence-corrected chi connectivity index (χ2v) is 4.30. The van der Waals surface area contributed by atoms with Crippen LogP contribution in [0.1, 0.15) is 23.7 Å². The summed E-state index contributed by atoms with van der Waals surface area (Å²) in [5.74, 6) is -2.12. The topological polar surface area (TPSA) is 96.0 Å². The molecule has 0 aliphatic rings. The number of ether oxygens (including phenoxy) is 3. The Kier molecular flexibility index (Phi) is 7.19. The number of carbonyl (C=O) groups excluding carboxylic acids is 4. The number of benzene rings is 1. The van der Waals surface area contributed by atoms with Crippen LogP contribution in [-0.4, -0.2) is 37.4 Å². The first-order valence-corrected chi connectivity index (χ1v) is 6.73. The number of carbonyl (C=O) groups is 4. The quantitative estimate of drug-likeness (QED) is 0.325. The third-order valence-electron chi connectivity index (χ3n) is 2.68. The molecule has 0 spiro atoms. The fourth-order valence-electron chi connectivity index (χ4n) is 1.48. The van der Waals surface area contributed by atoms with Gasteiger partial charge in [-0.3, -0.25) is 4.79 Å². The second-order valence-electron chi connectivity index (χ2n) is 4.30. The predicted octanol–water partition coefficient (Wildman–Crippen LogP) is 1.46. The maximum Gasteiger partial charge on any atom is 0.352 e. The van der Waals surface area contributed by atoms with E-state index in [0.717, 1.165) is 12.2 Å². The van der Waals surface area contributed by atoms with E-state index in [1.807, 2.05) is 0 Å². The standard InChI is InChI=1S/C16H16O7/c1-3-13(23-15(19)9-8-14(18)21-2)16(20)22-12-6-4-11(10-17)5-7-12/h4-10,13H,3H2,1-2H3/b9-8-. The fourth-order valence-corrected chi connectivity index (χ4v) is 1.48. The molecule has 0 saturated carbocycles. The highest BCUT2D eigenvalue weighted by atomic mass is 16.6. The van der Waals surface area contributed by atoms with E-state index in [4.69, 9.17) is 9.47 Å². The molecule has 23 heavy (non-hydrogen) atoms. The van der Waals surface area contributed by atoms with Gasteiger partial charge in [-0.05, 0) is 30.7 Å². The number of hydrogen-bond acceptors (Lipinski definition) is 7. The van der Waals surface area contributed by atoms with Crippen molar-refractivity contribution in [3.8, 4) is 5.75 Å². The van der Waals surface area contributed by atoms with Gasteiger partial charge in [0.15, 0.2) is 6.10 Å². The van der Waals surface area contributed by atoms with E-state index in [-0.39, 0.29) is 12.2 Å². The zero-order valence-corrected chi connectivity index (χ0v) is 12.7. The van der Waals surface area contributed by atoms with E-state index < -0.39 is 24.0 Å². The molecular weight excluding hydrogens is 304 g/mol. The molecule has 0 fully saturated rings. The highest BCUT2D eigenvalue weighted by molar-refractivity contribution is 5.92. The Morgan fingerprint density at radius 1 is 1.09 bits per heavy atom. The SMILES string of the molecule is CCC(OC(=O)/C=C\C(=O)OC)C(=O)Oc1ccc(C=O)cc1. The van der Waals surface area contributed by atoms with Crippen LogP contribution in [-0.2, 0) is 23.9 Å². The molecule has 1 aromatic carbocycles. The molecule has 0 aliphatic carbocycles. The molecular formula is C16H16O7. The number of rotatable bonds is 7. The Morgan fingerprint density at radius 3 is 2.22 bits per heavy atom. The number of aldehydes is 1. The zero-order valence-electron chi connectivity index (χ0n) is 12.7. The van der Waals surface area contributed by atoms with E-state index in [1.165, 1.54) is 31.4 Å². The van der Waals surface area contributed by atoms with Crippen molar-refractivity contribution in [2.24, 2.45) is 0 Å². The van der Waals surface area contributed by atoms with Crippen molar-refractivity contribution in [3.63, 3.8) is 0 Å². The van der Waals surface area contributed by atoms with Crippen molar-refractivity contribution in [2.45, 2.75) is 19.4 Å². The molecule has 122 valence electrons. The van der Waals surface area contributed by atoms with Crippen LogP contribution in [0.3, 0.4) is 0 Å². The Bertz CT molecular complexity index is 601. The minimum Gasteiger partial charge on any atom is -0.466 e. The lowest BCUT2D eigenvalue weighted by atomic mass is 10.2. The molecule has 0 saturated heterocycles. The smallest absolute Gasteiger partial charge is 0.352 e. The van der Waals surface area contributed by atoms with Gasteiger partial charge in [0.05, 0.1) is 7.11 Å². The van der Waals surface area contributed by atoms with Crippen LogP contribution >= 0.6 is 0 Å². The molecule has 0 aromatic heterocycles. The summed E-state index contributed by atoms with van der Waals surface area (Å²) in [7, 11) is 1.17. The van der Waals surface area contributed by atoms with Gasteiger partial charge in [-0.15, -0.1) is 0 Å². The molecule has 7 heteroatoms. The van der Waals surface area contributed by atoms with E-state index >= 15 is 0 Å². The lowest BCUT2D eigenvalue weighted by Crippen LogP contribution is -2.30. The minimum absolute atomic E-state index is 0.197. The monoisotopic (exact) mass is 320 g/mol. The van der Waals surface area contributed by atoms with E-state index in [1.54, 1.807) is 6.92 Å². The lowest BCUT2D eigenvalue weighted by Gasteiger charge is -2.14. The average Bonchev–Trinajstić information content (AvgIpc) is 2.57. The third kappa shape index (κ3) is 6.13. The minimum atomic E-state index is -1.12. The van der Waals surface area contributed by atoms with Crippen LogP contribution in [0, 0.1) is 0 Å². The molecule has 0 N–H and O–H groups in total. The van der Waals surface area contributed by atoms with Gasteiger partial charge in [0.2, 0.25) is 0 Å². The molecule has 1 atom stereocenters. The summed E-state index contributed by atoms with van der Waals surface area (Å²) in [4.78, 5) is 44.9. The van der Waals surface area contributed by atoms with Crippen LogP contribution in [0.25, 0.3) is 0 Å². The molecule has 0 heterocycles. The molecule has 0 aliphatic heterocycles. The van der Waals surface area contributed by atoms with Crippen molar-refractivity contribution in [2.75, 3.05) is 7.11 Å². The summed E-state index contributed by atoms with van der Waals surface area (Å²) in [6, 6.07) is 5.88. The first kappa shape index (κ1) is 18.1. The van der Waals surface area contributed by atoms with Crippen molar-refractivity contribution in [3.05, 3.63) is 42.0 Å². The Balaban J connectivity index is 2.63. The van der Waals surface area contributed by atoms with Crippen molar-refractivity contribution >= 4 is 24.2 Å². The third-order valence-corrected chi connectivity index (χ3v) is 2.68. The van der Waals surface area contributed by atoms with Crippen LogP contribution in [0.2, 0.25) is 0 Å². The average molecular weight is 320 g/mol. The molecule has 0 radical (unpaired) electrons. The molecule has 0 bridgehead atoms. The van der Waals surface area contributed by atoms with E-state index in [9.17, 15) is 19.2 Å². The number of methoxy groups -OCH3 is 1. The van der Waals surface area contributed by atoms with Crippen molar-refractivity contribution in [1.29, 1.82) is 0 Å². The molecule has 1 unspecified atom stereocenters. The summed E-state index contributed by atoms with van der Waals surface area (Å²) in [6.45, 7) is 1.64. The van der Waals surface area contributed by atoms with Gasteiger partial charge in [0, 0.05) is 17.7 Å².